The Bertz CT molecular complexity index is 2790. The number of nitrogens with zero attached hydrogens (tertiary/aromatic N) is 5. The van der Waals surface area contributed by atoms with Crippen LogP contribution in [0, 0.1) is 0 Å². The first-order chi connectivity index (χ1) is 25.8. The third-order valence-electron chi connectivity index (χ3n) is 9.74. The smallest absolute Gasteiger partial charge is 0.164 e. The second kappa shape index (κ2) is 12.3. The van der Waals surface area contributed by atoms with Gasteiger partial charge in [0.05, 0.1) is 11.0 Å². The topological polar surface area (TPSA) is 64.5 Å². The van der Waals surface area contributed by atoms with Gasteiger partial charge in [-0.15, -0.1) is 0 Å². The highest BCUT2D eigenvalue weighted by atomic mass is 15.0. The van der Waals surface area contributed by atoms with E-state index in [0.717, 1.165) is 82.3 Å². The van der Waals surface area contributed by atoms with E-state index in [1.807, 2.05) is 72.9 Å². The molecule has 0 aliphatic carbocycles. The van der Waals surface area contributed by atoms with Gasteiger partial charge < -0.3 is 0 Å². The summed E-state index contributed by atoms with van der Waals surface area (Å²) in [5.41, 5.74) is 8.87. The van der Waals surface area contributed by atoms with Crippen molar-refractivity contribution in [2.24, 2.45) is 0 Å². The van der Waals surface area contributed by atoms with Crippen LogP contribution in [0.15, 0.2) is 176 Å². The van der Waals surface area contributed by atoms with Crippen molar-refractivity contribution in [3.63, 3.8) is 0 Å². The summed E-state index contributed by atoms with van der Waals surface area (Å²) in [6.07, 6.45) is 3.71. The molecule has 0 aliphatic heterocycles. The van der Waals surface area contributed by atoms with Crippen molar-refractivity contribution in [2.75, 3.05) is 0 Å². The third kappa shape index (κ3) is 5.15. The quantitative estimate of drug-likeness (QED) is 0.135. The normalized spacial score (nSPS) is 11.5. The molecule has 0 spiro atoms. The molecule has 5 heteroatoms. The van der Waals surface area contributed by atoms with Gasteiger partial charge in [-0.25, -0.2) is 19.9 Å². The predicted molar refractivity (Wildman–Crippen MR) is 213 cm³/mol. The maximum Gasteiger partial charge on any atom is 0.164 e. The Morgan fingerprint density at radius 3 is 1.35 bits per heavy atom. The number of pyridine rings is 2. The van der Waals surface area contributed by atoms with Gasteiger partial charge in [-0.1, -0.05) is 140 Å². The Morgan fingerprint density at radius 1 is 0.308 bits per heavy atom. The Morgan fingerprint density at radius 2 is 0.788 bits per heavy atom. The zero-order chi connectivity index (χ0) is 34.4. The van der Waals surface area contributed by atoms with E-state index in [2.05, 4.69) is 102 Å². The Labute approximate surface area is 300 Å². The summed E-state index contributed by atoms with van der Waals surface area (Å²) < 4.78 is 0. The highest BCUT2D eigenvalue weighted by molar-refractivity contribution is 6.21. The average molecular weight is 664 g/mol. The van der Waals surface area contributed by atoms with Crippen molar-refractivity contribution >= 4 is 43.4 Å². The van der Waals surface area contributed by atoms with Crippen LogP contribution in [0.25, 0.3) is 99.8 Å². The number of hydrogen-bond donors (Lipinski definition) is 0. The molecule has 0 unspecified atom stereocenters. The lowest BCUT2D eigenvalue weighted by Crippen LogP contribution is -2.00. The van der Waals surface area contributed by atoms with Gasteiger partial charge in [-0.3, -0.25) is 4.98 Å². The Kier molecular flexibility index (Phi) is 7.07. The second-order valence-corrected chi connectivity index (χ2v) is 12.9. The van der Waals surface area contributed by atoms with Gasteiger partial charge in [0.25, 0.3) is 0 Å². The molecule has 52 heavy (non-hydrogen) atoms. The fourth-order valence-corrected chi connectivity index (χ4v) is 7.26. The molecule has 3 aromatic heterocycles. The van der Waals surface area contributed by atoms with E-state index in [0.29, 0.717) is 17.5 Å². The molecule has 0 amide bonds. The lowest BCUT2D eigenvalue weighted by Gasteiger charge is -2.17. The molecular formula is C47H29N5. The Hall–Kier alpha value is -7.11. The highest BCUT2D eigenvalue weighted by Crippen LogP contribution is 2.42. The number of fused-ring (bicyclic) bond motifs is 6. The molecule has 3 heterocycles. The van der Waals surface area contributed by atoms with Crippen LogP contribution in [-0.4, -0.2) is 24.9 Å². The van der Waals surface area contributed by atoms with Crippen LogP contribution in [0.1, 0.15) is 0 Å². The van der Waals surface area contributed by atoms with Crippen molar-refractivity contribution in [2.45, 2.75) is 0 Å². The molecule has 242 valence electrons. The first kappa shape index (κ1) is 29.8. The fourth-order valence-electron chi connectivity index (χ4n) is 7.26. The SMILES string of the molecule is c1ccc(-c2nc(-c3ccccc3)nc(-c3cc(-c4cccnc4)cc(-c4c5ccc6ccccc6c5nc5c4ccc4ccccc45)c3)n2)cc1. The van der Waals surface area contributed by atoms with Crippen molar-refractivity contribution in [3.05, 3.63) is 176 Å². The van der Waals surface area contributed by atoms with Crippen LogP contribution in [0.3, 0.4) is 0 Å². The molecule has 5 nitrogen and oxygen atoms in total. The highest BCUT2D eigenvalue weighted by Gasteiger charge is 2.19. The van der Waals surface area contributed by atoms with Crippen molar-refractivity contribution < 1.29 is 0 Å². The van der Waals surface area contributed by atoms with Crippen LogP contribution in [0.2, 0.25) is 0 Å². The van der Waals surface area contributed by atoms with E-state index in [1.165, 1.54) is 0 Å². The summed E-state index contributed by atoms with van der Waals surface area (Å²) >= 11 is 0. The predicted octanol–water partition coefficient (Wildman–Crippen LogP) is 11.6. The lowest BCUT2D eigenvalue weighted by atomic mass is 9.90. The summed E-state index contributed by atoms with van der Waals surface area (Å²) in [6, 6.07) is 56.7. The van der Waals surface area contributed by atoms with Crippen molar-refractivity contribution in [1.82, 2.24) is 24.9 Å². The zero-order valence-electron chi connectivity index (χ0n) is 28.0. The molecule has 7 aromatic carbocycles. The van der Waals surface area contributed by atoms with Gasteiger partial charge in [0.2, 0.25) is 0 Å². The Balaban J connectivity index is 1.31. The van der Waals surface area contributed by atoms with E-state index in [9.17, 15) is 0 Å². The van der Waals surface area contributed by atoms with Gasteiger partial charge in [0.15, 0.2) is 17.5 Å². The van der Waals surface area contributed by atoms with E-state index < -0.39 is 0 Å². The third-order valence-corrected chi connectivity index (χ3v) is 9.74. The minimum atomic E-state index is 0.596. The lowest BCUT2D eigenvalue weighted by molar-refractivity contribution is 1.07. The second-order valence-electron chi connectivity index (χ2n) is 12.9. The fraction of sp³-hybridized carbons (Fsp3) is 0. The summed E-state index contributed by atoms with van der Waals surface area (Å²) in [4.78, 5) is 25.1. The van der Waals surface area contributed by atoms with Crippen LogP contribution < -0.4 is 0 Å². The molecule has 0 aliphatic rings. The first-order valence-electron chi connectivity index (χ1n) is 17.3. The van der Waals surface area contributed by atoms with Gasteiger partial charge in [-0.05, 0) is 46.2 Å². The maximum atomic E-state index is 5.43. The minimum absolute atomic E-state index is 0.596. The summed E-state index contributed by atoms with van der Waals surface area (Å²) in [7, 11) is 0. The number of aromatic nitrogens is 5. The largest absolute Gasteiger partial charge is 0.264 e. The van der Waals surface area contributed by atoms with Crippen LogP contribution >= 0.6 is 0 Å². The summed E-state index contributed by atoms with van der Waals surface area (Å²) in [5, 5.41) is 6.73. The van der Waals surface area contributed by atoms with E-state index in [4.69, 9.17) is 19.9 Å². The summed E-state index contributed by atoms with van der Waals surface area (Å²) in [5.74, 6) is 1.84. The van der Waals surface area contributed by atoms with Gasteiger partial charge in [0.1, 0.15) is 0 Å². The first-order valence-corrected chi connectivity index (χ1v) is 17.3. The summed E-state index contributed by atoms with van der Waals surface area (Å²) in [6.45, 7) is 0. The number of benzene rings is 7. The van der Waals surface area contributed by atoms with E-state index in [-0.39, 0.29) is 0 Å². The molecule has 0 bridgehead atoms. The van der Waals surface area contributed by atoms with Gasteiger partial charge >= 0.3 is 0 Å². The van der Waals surface area contributed by atoms with Crippen LogP contribution in [0.4, 0.5) is 0 Å². The van der Waals surface area contributed by atoms with Crippen LogP contribution in [-0.2, 0) is 0 Å². The monoisotopic (exact) mass is 663 g/mol. The number of hydrogen-bond acceptors (Lipinski definition) is 5. The zero-order valence-corrected chi connectivity index (χ0v) is 28.0. The molecular weight excluding hydrogens is 635 g/mol. The van der Waals surface area contributed by atoms with E-state index in [1.54, 1.807) is 6.20 Å². The van der Waals surface area contributed by atoms with E-state index >= 15 is 0 Å². The molecule has 0 fully saturated rings. The molecule has 0 radical (unpaired) electrons. The standard InChI is InChI=1S/C47H29N5/c1-3-14-32(15-4-1)45-50-46(33-16-5-2-6-17-33)52-47(51-45)37-27-35(34-18-11-25-48-29-34)26-36(28-37)42-40-23-21-30-12-7-9-19-38(30)43(40)49-44-39-20-10-8-13-31(39)22-24-41(42)44/h1-29H. The van der Waals surface area contributed by atoms with Gasteiger partial charge in [0, 0.05) is 61.8 Å². The van der Waals surface area contributed by atoms with Crippen molar-refractivity contribution in [1.29, 1.82) is 0 Å². The van der Waals surface area contributed by atoms with Gasteiger partial charge in [-0.2, -0.15) is 0 Å². The molecule has 0 saturated carbocycles. The van der Waals surface area contributed by atoms with Crippen LogP contribution in [0.5, 0.6) is 0 Å². The number of rotatable bonds is 5. The molecule has 10 aromatic rings. The molecule has 0 atom stereocenters. The minimum Gasteiger partial charge on any atom is -0.264 e. The maximum absolute atomic E-state index is 5.43. The molecule has 0 N–H and O–H groups in total. The molecule has 10 rings (SSSR count). The molecule has 0 saturated heterocycles. The average Bonchev–Trinajstić information content (AvgIpc) is 3.23. The van der Waals surface area contributed by atoms with Crippen molar-refractivity contribution in [3.8, 4) is 56.4 Å².